The highest BCUT2D eigenvalue weighted by Crippen LogP contribution is 2.10. The van der Waals surface area contributed by atoms with Crippen molar-refractivity contribution in [1.82, 2.24) is 9.80 Å². The number of rotatable bonds is 6. The van der Waals surface area contributed by atoms with Crippen LogP contribution in [0, 0.1) is 0 Å². The Balaban J connectivity index is 2.97. The van der Waals surface area contributed by atoms with Crippen molar-refractivity contribution in [2.45, 2.75) is 13.3 Å². The van der Waals surface area contributed by atoms with Crippen molar-refractivity contribution in [3.63, 3.8) is 0 Å². The number of aliphatic hydroxyl groups is 1. The van der Waals surface area contributed by atoms with Crippen LogP contribution in [0.4, 0.5) is 0 Å². The molecule has 0 aliphatic heterocycles. The first-order valence-electron chi connectivity index (χ1n) is 6.73. The molecular weight excluding hydrogens is 256 g/mol. The smallest absolute Gasteiger partial charge is 0.253 e. The van der Waals surface area contributed by atoms with E-state index in [0.717, 1.165) is 6.42 Å². The Hall–Kier alpha value is -1.88. The summed E-state index contributed by atoms with van der Waals surface area (Å²) in [6.45, 7) is 2.80. The molecule has 0 saturated heterocycles. The predicted molar refractivity (Wildman–Crippen MR) is 77.7 cm³/mol. The second kappa shape index (κ2) is 7.65. The molecular formula is C15H22N2O3. The van der Waals surface area contributed by atoms with Gasteiger partial charge in [0, 0.05) is 38.3 Å². The summed E-state index contributed by atoms with van der Waals surface area (Å²) in [6, 6.07) is 6.68. The summed E-state index contributed by atoms with van der Waals surface area (Å²) >= 11 is 0. The summed E-state index contributed by atoms with van der Waals surface area (Å²) < 4.78 is 0. The molecule has 20 heavy (non-hydrogen) atoms. The maximum absolute atomic E-state index is 12.4. The molecule has 0 heterocycles. The van der Waals surface area contributed by atoms with Gasteiger partial charge >= 0.3 is 0 Å². The zero-order valence-electron chi connectivity index (χ0n) is 12.3. The fourth-order valence-electron chi connectivity index (χ4n) is 1.93. The van der Waals surface area contributed by atoms with E-state index in [2.05, 4.69) is 0 Å². The Kier molecular flexibility index (Phi) is 6.18. The van der Waals surface area contributed by atoms with E-state index in [1.54, 1.807) is 43.3 Å². The lowest BCUT2D eigenvalue weighted by Crippen LogP contribution is -2.34. The van der Waals surface area contributed by atoms with Gasteiger partial charge in [0.05, 0.1) is 6.61 Å². The van der Waals surface area contributed by atoms with E-state index in [1.807, 2.05) is 6.92 Å². The SMILES string of the molecule is CCCN(CCO)C(=O)c1cccc(C(=O)N(C)C)c1. The van der Waals surface area contributed by atoms with Crippen LogP contribution in [0.3, 0.4) is 0 Å². The first kappa shape index (κ1) is 16.2. The van der Waals surface area contributed by atoms with Crippen molar-refractivity contribution in [2.75, 3.05) is 33.8 Å². The van der Waals surface area contributed by atoms with Crippen LogP contribution >= 0.6 is 0 Å². The van der Waals surface area contributed by atoms with Gasteiger partial charge in [-0.2, -0.15) is 0 Å². The fourth-order valence-corrected chi connectivity index (χ4v) is 1.93. The fraction of sp³-hybridized carbons (Fsp3) is 0.467. The van der Waals surface area contributed by atoms with Gasteiger partial charge < -0.3 is 14.9 Å². The van der Waals surface area contributed by atoms with Crippen molar-refractivity contribution >= 4 is 11.8 Å². The maximum atomic E-state index is 12.4. The monoisotopic (exact) mass is 278 g/mol. The van der Waals surface area contributed by atoms with E-state index in [1.165, 1.54) is 4.90 Å². The summed E-state index contributed by atoms with van der Waals surface area (Å²) in [5, 5.41) is 9.02. The normalized spacial score (nSPS) is 10.2. The summed E-state index contributed by atoms with van der Waals surface area (Å²) in [5.41, 5.74) is 0.959. The molecule has 0 saturated carbocycles. The molecule has 0 radical (unpaired) electrons. The Bertz CT molecular complexity index is 466. The van der Waals surface area contributed by atoms with Gasteiger partial charge in [0.25, 0.3) is 11.8 Å². The third-order valence-electron chi connectivity index (χ3n) is 2.91. The molecule has 1 N–H and O–H groups in total. The zero-order chi connectivity index (χ0) is 15.1. The van der Waals surface area contributed by atoms with Gasteiger partial charge in [-0.25, -0.2) is 0 Å². The van der Waals surface area contributed by atoms with Crippen LogP contribution in [-0.4, -0.2) is 60.5 Å². The molecule has 2 amide bonds. The van der Waals surface area contributed by atoms with Crippen molar-refractivity contribution in [1.29, 1.82) is 0 Å². The molecule has 1 rings (SSSR count). The Morgan fingerprint density at radius 2 is 1.70 bits per heavy atom. The second-order valence-electron chi connectivity index (χ2n) is 4.80. The number of aliphatic hydroxyl groups excluding tert-OH is 1. The van der Waals surface area contributed by atoms with Crippen molar-refractivity contribution < 1.29 is 14.7 Å². The minimum Gasteiger partial charge on any atom is -0.395 e. The van der Waals surface area contributed by atoms with Gasteiger partial charge in [0.1, 0.15) is 0 Å². The maximum Gasteiger partial charge on any atom is 0.253 e. The Labute approximate surface area is 119 Å². The molecule has 1 aromatic rings. The number of nitrogens with zero attached hydrogens (tertiary/aromatic N) is 2. The topological polar surface area (TPSA) is 60.9 Å². The molecule has 110 valence electrons. The highest BCUT2D eigenvalue weighted by molar-refractivity contribution is 5.99. The molecule has 0 bridgehead atoms. The lowest BCUT2D eigenvalue weighted by atomic mass is 10.1. The van der Waals surface area contributed by atoms with E-state index in [4.69, 9.17) is 5.11 Å². The van der Waals surface area contributed by atoms with E-state index in [-0.39, 0.29) is 18.4 Å². The van der Waals surface area contributed by atoms with E-state index < -0.39 is 0 Å². The summed E-state index contributed by atoms with van der Waals surface area (Å²) in [5.74, 6) is -0.293. The molecule has 0 fully saturated rings. The van der Waals surface area contributed by atoms with Crippen LogP contribution in [0.2, 0.25) is 0 Å². The van der Waals surface area contributed by atoms with Gasteiger partial charge in [0.2, 0.25) is 0 Å². The van der Waals surface area contributed by atoms with E-state index in [0.29, 0.717) is 24.2 Å². The van der Waals surface area contributed by atoms with Crippen LogP contribution in [-0.2, 0) is 0 Å². The standard InChI is InChI=1S/C15H22N2O3/c1-4-8-17(9-10-18)15(20)13-7-5-6-12(11-13)14(19)16(2)3/h5-7,11,18H,4,8-10H2,1-3H3. The van der Waals surface area contributed by atoms with Gasteiger partial charge in [-0.3, -0.25) is 9.59 Å². The summed E-state index contributed by atoms with van der Waals surface area (Å²) in [6.07, 6.45) is 0.821. The molecule has 5 heteroatoms. The van der Waals surface area contributed by atoms with Gasteiger partial charge in [-0.15, -0.1) is 0 Å². The Morgan fingerprint density at radius 3 is 2.20 bits per heavy atom. The molecule has 0 atom stereocenters. The van der Waals surface area contributed by atoms with Crippen LogP contribution in [0.25, 0.3) is 0 Å². The molecule has 0 spiro atoms. The van der Waals surface area contributed by atoms with Gasteiger partial charge in [-0.1, -0.05) is 13.0 Å². The molecule has 0 aliphatic carbocycles. The second-order valence-corrected chi connectivity index (χ2v) is 4.80. The largest absolute Gasteiger partial charge is 0.395 e. The minimum atomic E-state index is -0.158. The lowest BCUT2D eigenvalue weighted by molar-refractivity contribution is 0.0722. The first-order valence-corrected chi connectivity index (χ1v) is 6.73. The zero-order valence-corrected chi connectivity index (χ0v) is 12.3. The van der Waals surface area contributed by atoms with Crippen molar-refractivity contribution in [2.24, 2.45) is 0 Å². The van der Waals surface area contributed by atoms with Gasteiger partial charge in [-0.05, 0) is 24.6 Å². The van der Waals surface area contributed by atoms with Crippen LogP contribution in [0.5, 0.6) is 0 Å². The third kappa shape index (κ3) is 4.06. The van der Waals surface area contributed by atoms with Crippen LogP contribution < -0.4 is 0 Å². The average molecular weight is 278 g/mol. The third-order valence-corrected chi connectivity index (χ3v) is 2.91. The number of amides is 2. The van der Waals surface area contributed by atoms with Gasteiger partial charge in [0.15, 0.2) is 0 Å². The number of hydrogen-bond acceptors (Lipinski definition) is 3. The van der Waals surface area contributed by atoms with E-state index >= 15 is 0 Å². The Morgan fingerprint density at radius 1 is 1.10 bits per heavy atom. The number of hydrogen-bond donors (Lipinski definition) is 1. The average Bonchev–Trinajstić information content (AvgIpc) is 2.45. The number of benzene rings is 1. The molecule has 0 unspecified atom stereocenters. The number of carbonyl (C=O) groups excluding carboxylic acids is 2. The molecule has 0 aromatic heterocycles. The summed E-state index contributed by atoms with van der Waals surface area (Å²) in [7, 11) is 3.35. The van der Waals surface area contributed by atoms with Crippen LogP contribution in [0.1, 0.15) is 34.1 Å². The summed E-state index contributed by atoms with van der Waals surface area (Å²) in [4.78, 5) is 27.3. The molecule has 1 aromatic carbocycles. The minimum absolute atomic E-state index is 0.0674. The number of carbonyl (C=O) groups is 2. The highest BCUT2D eigenvalue weighted by Gasteiger charge is 2.16. The molecule has 0 aliphatic rings. The van der Waals surface area contributed by atoms with Crippen LogP contribution in [0.15, 0.2) is 24.3 Å². The lowest BCUT2D eigenvalue weighted by Gasteiger charge is -2.21. The first-order chi connectivity index (χ1) is 9.51. The quantitative estimate of drug-likeness (QED) is 0.851. The van der Waals surface area contributed by atoms with E-state index in [9.17, 15) is 9.59 Å². The predicted octanol–water partition coefficient (Wildman–Crippen LogP) is 1.23. The van der Waals surface area contributed by atoms with Crippen molar-refractivity contribution in [3.05, 3.63) is 35.4 Å². The van der Waals surface area contributed by atoms with Crippen molar-refractivity contribution in [3.8, 4) is 0 Å². The highest BCUT2D eigenvalue weighted by atomic mass is 16.3. The molecule has 5 nitrogen and oxygen atoms in total.